The van der Waals surface area contributed by atoms with Crippen molar-refractivity contribution in [2.45, 2.75) is 25.5 Å². The van der Waals surface area contributed by atoms with E-state index in [1.807, 2.05) is 42.5 Å². The van der Waals surface area contributed by atoms with Crippen molar-refractivity contribution in [2.24, 2.45) is 0 Å². The van der Waals surface area contributed by atoms with Crippen LogP contribution in [0.2, 0.25) is 0 Å². The van der Waals surface area contributed by atoms with Crippen LogP contribution in [0.15, 0.2) is 42.5 Å². The van der Waals surface area contributed by atoms with Gasteiger partial charge >= 0.3 is 6.03 Å². The van der Waals surface area contributed by atoms with E-state index in [9.17, 15) is 14.7 Å². The van der Waals surface area contributed by atoms with E-state index in [0.717, 1.165) is 15.7 Å². The highest BCUT2D eigenvalue weighted by molar-refractivity contribution is 6.06. The second-order valence-corrected chi connectivity index (χ2v) is 6.44. The maximum absolute atomic E-state index is 12.1. The first-order chi connectivity index (χ1) is 11.4. The lowest BCUT2D eigenvalue weighted by atomic mass is 10.1. The lowest BCUT2D eigenvalue weighted by Crippen LogP contribution is -2.42. The number of β-amino-alcohol motifs (C(OH)–C–C–N with tert-alkyl or cyclic N) is 1. The molecule has 1 saturated heterocycles. The number of aliphatic hydroxyl groups excluding tert-OH is 1. The number of nitrogens with zero attached hydrogens (tertiary/aromatic N) is 1. The Morgan fingerprint density at radius 3 is 2.54 bits per heavy atom. The second kappa shape index (κ2) is 6.13. The minimum atomic E-state index is -0.958. The maximum Gasteiger partial charge on any atom is 0.325 e. The summed E-state index contributed by atoms with van der Waals surface area (Å²) in [6, 6.07) is 13.1. The lowest BCUT2D eigenvalue weighted by Gasteiger charge is -2.19. The van der Waals surface area contributed by atoms with Gasteiger partial charge in [0, 0.05) is 0 Å². The third kappa shape index (κ3) is 3.19. The summed E-state index contributed by atoms with van der Waals surface area (Å²) in [5.74, 6) is 0.280. The van der Waals surface area contributed by atoms with E-state index in [2.05, 4.69) is 5.32 Å². The molecule has 24 heavy (non-hydrogen) atoms. The van der Waals surface area contributed by atoms with E-state index in [1.165, 1.54) is 0 Å². The number of hydrogen-bond donors (Lipinski definition) is 2. The SMILES string of the molecule is CC1(C)NC(=O)N(C[C@@H](O)COc2ccc3ccccc3c2)C1=O. The van der Waals surface area contributed by atoms with Crippen LogP contribution in [0, 0.1) is 0 Å². The highest BCUT2D eigenvalue weighted by Crippen LogP contribution is 2.21. The zero-order valence-electron chi connectivity index (χ0n) is 13.7. The van der Waals surface area contributed by atoms with Crippen molar-refractivity contribution < 1.29 is 19.4 Å². The summed E-state index contributed by atoms with van der Waals surface area (Å²) in [5, 5.41) is 14.8. The molecule has 0 spiro atoms. The van der Waals surface area contributed by atoms with Gasteiger partial charge < -0.3 is 15.2 Å². The molecule has 6 nitrogen and oxygen atoms in total. The molecule has 0 aromatic heterocycles. The third-order valence-electron chi connectivity index (χ3n) is 4.00. The number of carbonyl (C=O) groups is 2. The molecule has 1 heterocycles. The molecule has 2 N–H and O–H groups in total. The predicted molar refractivity (Wildman–Crippen MR) is 89.8 cm³/mol. The highest BCUT2D eigenvalue weighted by Gasteiger charge is 2.44. The largest absolute Gasteiger partial charge is 0.491 e. The van der Waals surface area contributed by atoms with Gasteiger partial charge in [-0.2, -0.15) is 0 Å². The zero-order chi connectivity index (χ0) is 17.3. The van der Waals surface area contributed by atoms with Crippen LogP contribution in [0.5, 0.6) is 5.75 Å². The van der Waals surface area contributed by atoms with Crippen molar-refractivity contribution in [2.75, 3.05) is 13.2 Å². The van der Waals surface area contributed by atoms with Gasteiger partial charge in [-0.05, 0) is 36.8 Å². The summed E-state index contributed by atoms with van der Waals surface area (Å²) >= 11 is 0. The molecule has 0 bridgehead atoms. The number of nitrogens with one attached hydrogen (secondary N) is 1. The van der Waals surface area contributed by atoms with Crippen molar-refractivity contribution in [1.29, 1.82) is 0 Å². The van der Waals surface area contributed by atoms with Crippen LogP contribution in [0.1, 0.15) is 13.8 Å². The van der Waals surface area contributed by atoms with E-state index in [-0.39, 0.29) is 19.1 Å². The molecule has 2 aromatic rings. The molecule has 6 heteroatoms. The van der Waals surface area contributed by atoms with Crippen LogP contribution in [0.25, 0.3) is 10.8 Å². The number of fused-ring (bicyclic) bond motifs is 1. The fourth-order valence-corrected chi connectivity index (χ4v) is 2.70. The van der Waals surface area contributed by atoms with Crippen molar-refractivity contribution in [3.8, 4) is 5.75 Å². The first-order valence-electron chi connectivity index (χ1n) is 7.80. The summed E-state index contributed by atoms with van der Waals surface area (Å²) in [6.45, 7) is 3.16. The van der Waals surface area contributed by atoms with Crippen LogP contribution in [-0.4, -0.2) is 46.7 Å². The summed E-state index contributed by atoms with van der Waals surface area (Å²) in [6.07, 6.45) is -0.958. The molecule has 0 aliphatic carbocycles. The van der Waals surface area contributed by atoms with E-state index in [1.54, 1.807) is 13.8 Å². The maximum atomic E-state index is 12.1. The minimum absolute atomic E-state index is 0.00414. The fourth-order valence-electron chi connectivity index (χ4n) is 2.70. The Balaban J connectivity index is 1.60. The van der Waals surface area contributed by atoms with Crippen LogP contribution in [0.3, 0.4) is 0 Å². The normalized spacial score (nSPS) is 17.9. The van der Waals surface area contributed by atoms with Crippen molar-refractivity contribution in [3.05, 3.63) is 42.5 Å². The second-order valence-electron chi connectivity index (χ2n) is 6.44. The van der Waals surface area contributed by atoms with E-state index >= 15 is 0 Å². The summed E-state index contributed by atoms with van der Waals surface area (Å²) < 4.78 is 5.59. The number of hydrogen-bond acceptors (Lipinski definition) is 4. The number of carbonyl (C=O) groups excluding carboxylic acids is 2. The number of aliphatic hydroxyl groups is 1. The zero-order valence-corrected chi connectivity index (χ0v) is 13.7. The number of urea groups is 1. The van der Waals surface area contributed by atoms with Crippen LogP contribution >= 0.6 is 0 Å². The van der Waals surface area contributed by atoms with E-state index in [0.29, 0.717) is 5.75 Å². The number of rotatable bonds is 5. The Bertz CT molecular complexity index is 787. The van der Waals surface area contributed by atoms with Gasteiger partial charge in [-0.1, -0.05) is 30.3 Å². The Labute approximate surface area is 140 Å². The van der Waals surface area contributed by atoms with Gasteiger partial charge in [0.05, 0.1) is 6.54 Å². The van der Waals surface area contributed by atoms with Gasteiger partial charge in [0.1, 0.15) is 24.0 Å². The van der Waals surface area contributed by atoms with E-state index in [4.69, 9.17) is 4.74 Å². The predicted octanol–water partition coefficient (Wildman–Crippen LogP) is 1.91. The van der Waals surface area contributed by atoms with Gasteiger partial charge in [-0.15, -0.1) is 0 Å². The molecule has 1 fully saturated rings. The van der Waals surface area contributed by atoms with Crippen LogP contribution in [-0.2, 0) is 4.79 Å². The lowest BCUT2D eigenvalue weighted by molar-refractivity contribution is -0.131. The molecule has 0 unspecified atom stereocenters. The number of imide groups is 1. The average molecular weight is 328 g/mol. The third-order valence-corrected chi connectivity index (χ3v) is 4.00. The van der Waals surface area contributed by atoms with Gasteiger partial charge in [-0.3, -0.25) is 9.69 Å². The summed E-state index contributed by atoms with van der Waals surface area (Å²) in [5.41, 5.74) is -0.935. The molecule has 1 aliphatic heterocycles. The van der Waals surface area contributed by atoms with Gasteiger partial charge in [0.25, 0.3) is 5.91 Å². The molecule has 2 aromatic carbocycles. The highest BCUT2D eigenvalue weighted by atomic mass is 16.5. The van der Waals surface area contributed by atoms with E-state index < -0.39 is 17.7 Å². The molecule has 1 atom stereocenters. The average Bonchev–Trinajstić information content (AvgIpc) is 2.74. The molecule has 3 amide bonds. The van der Waals surface area contributed by atoms with Gasteiger partial charge in [0.2, 0.25) is 0 Å². The van der Waals surface area contributed by atoms with Crippen molar-refractivity contribution in [3.63, 3.8) is 0 Å². The molecule has 3 rings (SSSR count). The molecule has 0 saturated carbocycles. The Kier molecular flexibility index (Phi) is 4.15. The topological polar surface area (TPSA) is 78.9 Å². The first-order valence-corrected chi connectivity index (χ1v) is 7.80. The molecular formula is C18H20N2O4. The molecule has 0 radical (unpaired) electrons. The van der Waals surface area contributed by atoms with Crippen molar-refractivity contribution in [1.82, 2.24) is 10.2 Å². The summed E-state index contributed by atoms with van der Waals surface area (Å²) in [7, 11) is 0. The monoisotopic (exact) mass is 328 g/mol. The fraction of sp³-hybridized carbons (Fsp3) is 0.333. The molecular weight excluding hydrogens is 308 g/mol. The standard InChI is InChI=1S/C18H20N2O4/c1-18(2)16(22)20(17(23)19-18)10-14(21)11-24-15-8-7-12-5-3-4-6-13(12)9-15/h3-9,14,21H,10-11H2,1-2H3,(H,19,23)/t14-/m1/s1. The van der Waals surface area contributed by atoms with Crippen LogP contribution < -0.4 is 10.1 Å². The number of amides is 3. The smallest absolute Gasteiger partial charge is 0.325 e. The van der Waals surface area contributed by atoms with Crippen LogP contribution in [0.4, 0.5) is 4.79 Å². The Morgan fingerprint density at radius 1 is 1.17 bits per heavy atom. The molecule has 126 valence electrons. The van der Waals surface area contributed by atoms with Gasteiger partial charge in [0.15, 0.2) is 0 Å². The number of ether oxygens (including phenoxy) is 1. The summed E-state index contributed by atoms with van der Waals surface area (Å²) in [4.78, 5) is 24.9. The minimum Gasteiger partial charge on any atom is -0.491 e. The number of benzene rings is 2. The quantitative estimate of drug-likeness (QED) is 0.822. The Hall–Kier alpha value is -2.60. The molecule has 1 aliphatic rings. The van der Waals surface area contributed by atoms with Gasteiger partial charge in [-0.25, -0.2) is 4.79 Å². The Morgan fingerprint density at radius 2 is 1.88 bits per heavy atom. The van der Waals surface area contributed by atoms with Crippen molar-refractivity contribution >= 4 is 22.7 Å². The first kappa shape index (κ1) is 16.3.